The van der Waals surface area contributed by atoms with Gasteiger partial charge in [-0.05, 0) is 41.9 Å². The second kappa shape index (κ2) is 5.69. The molecule has 0 aliphatic heterocycles. The average Bonchev–Trinajstić information content (AvgIpc) is 2.90. The zero-order valence-electron chi connectivity index (χ0n) is 13.8. The van der Waals surface area contributed by atoms with E-state index in [2.05, 4.69) is 5.16 Å². The minimum Gasteiger partial charge on any atom is -0.384 e. The maximum absolute atomic E-state index is 12.9. The van der Waals surface area contributed by atoms with Gasteiger partial charge in [0.05, 0.1) is 0 Å². The summed E-state index contributed by atoms with van der Waals surface area (Å²) in [6.07, 6.45) is 2.02. The van der Waals surface area contributed by atoms with Crippen LogP contribution in [0.1, 0.15) is 38.7 Å². The molecule has 1 aromatic rings. The van der Waals surface area contributed by atoms with Crippen LogP contribution < -0.4 is 5.73 Å². The SMILES string of the molecule is CC1(C)[C@@H]2CC[C@@]1(C(=O)O/N=C(\N)Cc1ccc(F)cc1)C(=O)C2. The molecule has 0 radical (unpaired) electrons. The lowest BCUT2D eigenvalue weighted by molar-refractivity contribution is -0.164. The molecule has 2 fully saturated rings. The first kappa shape index (κ1) is 16.6. The molecule has 2 atom stereocenters. The van der Waals surface area contributed by atoms with Crippen molar-refractivity contribution >= 4 is 17.6 Å². The summed E-state index contributed by atoms with van der Waals surface area (Å²) >= 11 is 0. The van der Waals surface area contributed by atoms with Gasteiger partial charge in [0.25, 0.3) is 0 Å². The summed E-state index contributed by atoms with van der Waals surface area (Å²) in [4.78, 5) is 30.0. The molecule has 2 aliphatic carbocycles. The van der Waals surface area contributed by atoms with Crippen LogP contribution in [0, 0.1) is 22.6 Å². The van der Waals surface area contributed by atoms with Crippen LogP contribution in [-0.4, -0.2) is 17.6 Å². The maximum atomic E-state index is 12.9. The Morgan fingerprint density at radius 2 is 2.04 bits per heavy atom. The van der Waals surface area contributed by atoms with Gasteiger partial charge in [0, 0.05) is 12.8 Å². The Balaban J connectivity index is 1.70. The third-order valence-electron chi connectivity index (χ3n) is 5.79. The van der Waals surface area contributed by atoms with Crippen molar-refractivity contribution in [2.75, 3.05) is 0 Å². The first-order chi connectivity index (χ1) is 11.3. The predicted molar refractivity (Wildman–Crippen MR) is 86.4 cm³/mol. The number of amidine groups is 1. The van der Waals surface area contributed by atoms with Gasteiger partial charge in [-0.1, -0.05) is 31.1 Å². The van der Waals surface area contributed by atoms with Crippen molar-refractivity contribution in [3.05, 3.63) is 35.6 Å². The highest BCUT2D eigenvalue weighted by atomic mass is 19.1. The zero-order chi connectivity index (χ0) is 17.5. The molecule has 0 spiro atoms. The fourth-order valence-electron chi connectivity index (χ4n) is 4.18. The third kappa shape index (κ3) is 2.41. The molecule has 3 rings (SSSR count). The van der Waals surface area contributed by atoms with E-state index in [0.717, 1.165) is 12.0 Å². The molecule has 2 aliphatic rings. The van der Waals surface area contributed by atoms with Crippen molar-refractivity contribution in [2.24, 2.45) is 27.6 Å². The number of carbonyl (C=O) groups is 2. The van der Waals surface area contributed by atoms with Crippen molar-refractivity contribution in [1.82, 2.24) is 0 Å². The molecule has 0 saturated heterocycles. The number of carbonyl (C=O) groups excluding carboxylic acids is 2. The van der Waals surface area contributed by atoms with Gasteiger partial charge in [-0.2, -0.15) is 0 Å². The van der Waals surface area contributed by atoms with Crippen molar-refractivity contribution in [3.63, 3.8) is 0 Å². The molecule has 0 aromatic heterocycles. The first-order valence-electron chi connectivity index (χ1n) is 8.09. The summed E-state index contributed by atoms with van der Waals surface area (Å²) < 4.78 is 12.9. The number of fused-ring (bicyclic) bond motifs is 2. The van der Waals surface area contributed by atoms with E-state index in [4.69, 9.17) is 10.6 Å². The van der Waals surface area contributed by atoms with Crippen LogP contribution in [0.25, 0.3) is 0 Å². The second-order valence-electron chi connectivity index (χ2n) is 7.25. The molecule has 24 heavy (non-hydrogen) atoms. The van der Waals surface area contributed by atoms with Crippen LogP contribution in [0.2, 0.25) is 0 Å². The Bertz CT molecular complexity index is 711. The Kier molecular flexibility index (Phi) is 3.94. The van der Waals surface area contributed by atoms with Crippen LogP contribution in [0.4, 0.5) is 4.39 Å². The average molecular weight is 332 g/mol. The Hall–Kier alpha value is -2.24. The molecule has 0 heterocycles. The number of oxime groups is 1. The first-order valence-corrected chi connectivity index (χ1v) is 8.09. The quantitative estimate of drug-likeness (QED) is 0.302. The predicted octanol–water partition coefficient (Wildman–Crippen LogP) is 2.58. The molecule has 2 saturated carbocycles. The second-order valence-corrected chi connectivity index (χ2v) is 7.25. The summed E-state index contributed by atoms with van der Waals surface area (Å²) in [5.41, 5.74) is 5.02. The van der Waals surface area contributed by atoms with Crippen LogP contribution >= 0.6 is 0 Å². The number of hydrogen-bond acceptors (Lipinski definition) is 4. The van der Waals surface area contributed by atoms with Gasteiger partial charge in [0.2, 0.25) is 0 Å². The highest BCUT2D eigenvalue weighted by Crippen LogP contribution is 2.64. The van der Waals surface area contributed by atoms with E-state index >= 15 is 0 Å². The van der Waals surface area contributed by atoms with Gasteiger partial charge in [-0.15, -0.1) is 0 Å². The number of Topliss-reactive ketones (excluding diaryl/α,β-unsaturated/α-hetero) is 1. The highest BCUT2D eigenvalue weighted by Gasteiger charge is 2.69. The summed E-state index contributed by atoms with van der Waals surface area (Å²) in [6.45, 7) is 3.89. The lowest BCUT2D eigenvalue weighted by Crippen LogP contribution is -2.44. The highest BCUT2D eigenvalue weighted by molar-refractivity contribution is 6.07. The van der Waals surface area contributed by atoms with Gasteiger partial charge in [-0.25, -0.2) is 9.18 Å². The number of rotatable bonds is 4. The fraction of sp³-hybridized carbons (Fsp3) is 0.500. The minimum atomic E-state index is -1.10. The number of ketones is 1. The van der Waals surface area contributed by atoms with Crippen LogP contribution in [0.5, 0.6) is 0 Å². The lowest BCUT2D eigenvalue weighted by Gasteiger charge is -2.32. The molecular formula is C18H21FN2O3. The number of nitrogens with zero attached hydrogens (tertiary/aromatic N) is 1. The topological polar surface area (TPSA) is 81.8 Å². The van der Waals surface area contributed by atoms with E-state index in [1.54, 1.807) is 12.1 Å². The third-order valence-corrected chi connectivity index (χ3v) is 5.79. The normalized spacial score (nSPS) is 28.2. The van der Waals surface area contributed by atoms with E-state index < -0.39 is 16.8 Å². The molecule has 0 unspecified atom stereocenters. The van der Waals surface area contributed by atoms with Gasteiger partial charge in [0.15, 0.2) is 5.78 Å². The van der Waals surface area contributed by atoms with Crippen molar-refractivity contribution < 1.29 is 18.8 Å². The number of nitrogens with two attached hydrogens (primary N) is 1. The summed E-state index contributed by atoms with van der Waals surface area (Å²) in [5.74, 6) is -0.680. The Morgan fingerprint density at radius 1 is 1.38 bits per heavy atom. The molecule has 1 aromatic carbocycles. The van der Waals surface area contributed by atoms with Crippen LogP contribution in [0.15, 0.2) is 29.4 Å². The molecule has 2 N–H and O–H groups in total. The van der Waals surface area contributed by atoms with Crippen molar-refractivity contribution in [2.45, 2.75) is 39.5 Å². The number of hydrogen-bond donors (Lipinski definition) is 1. The summed E-state index contributed by atoms with van der Waals surface area (Å²) in [7, 11) is 0. The number of halogens is 1. The largest absolute Gasteiger partial charge is 0.384 e. The molecule has 5 nitrogen and oxygen atoms in total. The summed E-state index contributed by atoms with van der Waals surface area (Å²) in [6, 6.07) is 5.82. The minimum absolute atomic E-state index is 0.0546. The molecule has 2 bridgehead atoms. The fourth-order valence-corrected chi connectivity index (χ4v) is 4.18. The Morgan fingerprint density at radius 3 is 2.58 bits per heavy atom. The standard InChI is InChI=1S/C18H21FN2O3/c1-17(2)12-7-8-18(17,14(22)10-12)16(23)24-21-15(20)9-11-3-5-13(19)6-4-11/h3-6,12H,7-10H2,1-2H3,(H2,20,21)/t12-,18+/m1/s1. The van der Waals surface area contributed by atoms with Crippen LogP contribution in [-0.2, 0) is 20.8 Å². The molecule has 128 valence electrons. The van der Waals surface area contributed by atoms with E-state index in [9.17, 15) is 14.0 Å². The lowest BCUT2D eigenvalue weighted by atomic mass is 9.69. The smallest absolute Gasteiger partial charge is 0.349 e. The van der Waals surface area contributed by atoms with E-state index in [-0.39, 0.29) is 29.8 Å². The van der Waals surface area contributed by atoms with Gasteiger partial charge in [-0.3, -0.25) is 4.79 Å². The molecule has 0 amide bonds. The van der Waals surface area contributed by atoms with Gasteiger partial charge < -0.3 is 10.6 Å². The van der Waals surface area contributed by atoms with Crippen LogP contribution in [0.3, 0.4) is 0 Å². The van der Waals surface area contributed by atoms with E-state index in [1.165, 1.54) is 12.1 Å². The number of benzene rings is 1. The van der Waals surface area contributed by atoms with Crippen molar-refractivity contribution in [3.8, 4) is 0 Å². The summed E-state index contributed by atoms with van der Waals surface area (Å²) in [5, 5.41) is 3.70. The van der Waals surface area contributed by atoms with Gasteiger partial charge >= 0.3 is 5.97 Å². The van der Waals surface area contributed by atoms with E-state index in [1.807, 2.05) is 13.8 Å². The zero-order valence-corrected chi connectivity index (χ0v) is 13.8. The van der Waals surface area contributed by atoms with E-state index in [0.29, 0.717) is 12.8 Å². The molecular weight excluding hydrogens is 311 g/mol. The van der Waals surface area contributed by atoms with Gasteiger partial charge in [0.1, 0.15) is 17.1 Å². The molecule has 6 heteroatoms. The van der Waals surface area contributed by atoms with Crippen molar-refractivity contribution in [1.29, 1.82) is 0 Å². The Labute approximate surface area is 140 Å². The maximum Gasteiger partial charge on any atom is 0.349 e. The monoisotopic (exact) mass is 332 g/mol.